The molecule has 0 amide bonds. The number of Topliss-reactive ketones (excluding diaryl/α,β-unsaturated/α-hetero) is 1. The second-order valence-electron chi connectivity index (χ2n) is 4.95. The van der Waals surface area contributed by atoms with Crippen LogP contribution in [0.25, 0.3) is 10.9 Å². The molecule has 0 saturated carbocycles. The van der Waals surface area contributed by atoms with E-state index in [1.165, 1.54) is 6.07 Å². The minimum absolute atomic E-state index is 0.0439. The number of hydrogen-bond donors (Lipinski definition) is 0. The van der Waals surface area contributed by atoms with Crippen molar-refractivity contribution < 1.29 is 9.18 Å². The van der Waals surface area contributed by atoms with Gasteiger partial charge in [0.2, 0.25) is 0 Å². The molecule has 0 aliphatic carbocycles. The molecule has 4 heteroatoms. The molecule has 1 heterocycles. The molecule has 0 unspecified atom stereocenters. The average molecular weight is 302 g/mol. The van der Waals surface area contributed by atoms with Gasteiger partial charge in [0.1, 0.15) is 5.82 Å². The van der Waals surface area contributed by atoms with Crippen LogP contribution >= 0.6 is 11.6 Å². The summed E-state index contributed by atoms with van der Waals surface area (Å²) < 4.78 is 15.4. The number of nitrogens with zero attached hydrogens (tertiary/aromatic N) is 1. The third-order valence-electron chi connectivity index (χ3n) is 3.43. The van der Waals surface area contributed by atoms with E-state index in [2.05, 4.69) is 0 Å². The fourth-order valence-corrected chi connectivity index (χ4v) is 2.56. The van der Waals surface area contributed by atoms with E-state index in [1.54, 1.807) is 18.2 Å². The Morgan fingerprint density at radius 1 is 1.14 bits per heavy atom. The standard InChI is InChI=1S/C17H13ClFNO/c18-14-6-5-12-7-8-20(17(12)10-14)11-15(21)9-13-3-1-2-4-16(13)19/h1-8,10H,9,11H2. The predicted molar refractivity (Wildman–Crippen MR) is 82.1 cm³/mol. The highest BCUT2D eigenvalue weighted by Gasteiger charge is 2.10. The molecule has 0 saturated heterocycles. The van der Waals surface area contributed by atoms with Gasteiger partial charge in [0, 0.05) is 23.2 Å². The predicted octanol–water partition coefficient (Wildman–Crippen LogP) is 4.25. The Morgan fingerprint density at radius 3 is 2.76 bits per heavy atom. The first kappa shape index (κ1) is 13.8. The molecule has 21 heavy (non-hydrogen) atoms. The maximum atomic E-state index is 13.6. The van der Waals surface area contributed by atoms with Crippen molar-refractivity contribution in [2.75, 3.05) is 0 Å². The normalized spacial score (nSPS) is 11.0. The van der Waals surface area contributed by atoms with E-state index in [9.17, 15) is 9.18 Å². The van der Waals surface area contributed by atoms with E-state index in [4.69, 9.17) is 11.6 Å². The number of carbonyl (C=O) groups is 1. The maximum Gasteiger partial charge on any atom is 0.156 e. The topological polar surface area (TPSA) is 22.0 Å². The van der Waals surface area contributed by atoms with E-state index in [1.807, 2.05) is 35.0 Å². The van der Waals surface area contributed by atoms with Crippen LogP contribution in [0, 0.1) is 5.82 Å². The number of rotatable bonds is 4. The molecule has 0 N–H and O–H groups in total. The number of hydrogen-bond acceptors (Lipinski definition) is 1. The quantitative estimate of drug-likeness (QED) is 0.706. The Labute approximate surface area is 126 Å². The third kappa shape index (κ3) is 2.98. The van der Waals surface area contributed by atoms with Gasteiger partial charge in [-0.15, -0.1) is 0 Å². The Kier molecular flexibility index (Phi) is 3.76. The van der Waals surface area contributed by atoms with Gasteiger partial charge >= 0.3 is 0 Å². The monoisotopic (exact) mass is 301 g/mol. The SMILES string of the molecule is O=C(Cc1ccccc1F)Cn1ccc2ccc(Cl)cc21. The van der Waals surface area contributed by atoms with E-state index in [0.29, 0.717) is 10.6 Å². The number of halogens is 2. The van der Waals surface area contributed by atoms with Crippen LogP contribution in [0.5, 0.6) is 0 Å². The molecule has 2 aromatic carbocycles. The molecule has 0 bridgehead atoms. The number of carbonyl (C=O) groups excluding carboxylic acids is 1. The largest absolute Gasteiger partial charge is 0.340 e. The summed E-state index contributed by atoms with van der Waals surface area (Å²) in [6, 6.07) is 13.8. The van der Waals surface area contributed by atoms with Crippen molar-refractivity contribution in [1.29, 1.82) is 0 Å². The second-order valence-corrected chi connectivity index (χ2v) is 5.39. The van der Waals surface area contributed by atoms with Crippen molar-refractivity contribution in [1.82, 2.24) is 4.57 Å². The van der Waals surface area contributed by atoms with Crippen molar-refractivity contribution in [3.8, 4) is 0 Å². The molecule has 3 aromatic rings. The lowest BCUT2D eigenvalue weighted by atomic mass is 10.1. The maximum absolute atomic E-state index is 13.6. The summed E-state index contributed by atoms with van der Waals surface area (Å²) >= 11 is 5.99. The number of aromatic nitrogens is 1. The van der Waals surface area contributed by atoms with Gasteiger partial charge in [-0.25, -0.2) is 4.39 Å². The van der Waals surface area contributed by atoms with Crippen LogP contribution in [-0.4, -0.2) is 10.4 Å². The van der Waals surface area contributed by atoms with E-state index < -0.39 is 0 Å². The van der Waals surface area contributed by atoms with Gasteiger partial charge in [-0.3, -0.25) is 4.79 Å². The fraction of sp³-hybridized carbons (Fsp3) is 0.118. The number of benzene rings is 2. The molecular weight excluding hydrogens is 289 g/mol. The van der Waals surface area contributed by atoms with Crippen LogP contribution in [-0.2, 0) is 17.8 Å². The van der Waals surface area contributed by atoms with Crippen molar-refractivity contribution >= 4 is 28.3 Å². The van der Waals surface area contributed by atoms with Gasteiger partial charge in [0.25, 0.3) is 0 Å². The average Bonchev–Trinajstić information content (AvgIpc) is 2.84. The fourth-order valence-electron chi connectivity index (χ4n) is 2.40. The Balaban J connectivity index is 1.80. The zero-order chi connectivity index (χ0) is 14.8. The van der Waals surface area contributed by atoms with Crippen LogP contribution in [0.3, 0.4) is 0 Å². The molecule has 0 radical (unpaired) electrons. The summed E-state index contributed by atoms with van der Waals surface area (Å²) in [7, 11) is 0. The first-order chi connectivity index (χ1) is 10.1. The van der Waals surface area contributed by atoms with Crippen LogP contribution in [0.1, 0.15) is 5.56 Å². The zero-order valence-electron chi connectivity index (χ0n) is 11.2. The molecule has 0 spiro atoms. The van der Waals surface area contributed by atoms with Crippen LogP contribution in [0.2, 0.25) is 5.02 Å². The van der Waals surface area contributed by atoms with Crippen LogP contribution < -0.4 is 0 Å². The van der Waals surface area contributed by atoms with Crippen molar-refractivity contribution in [3.63, 3.8) is 0 Å². The summed E-state index contributed by atoms with van der Waals surface area (Å²) in [6.45, 7) is 0.207. The highest BCUT2D eigenvalue weighted by Crippen LogP contribution is 2.20. The van der Waals surface area contributed by atoms with Crippen molar-refractivity contribution in [2.24, 2.45) is 0 Å². The Bertz CT molecular complexity index is 809. The van der Waals surface area contributed by atoms with E-state index >= 15 is 0 Å². The lowest BCUT2D eigenvalue weighted by molar-refractivity contribution is -0.118. The zero-order valence-corrected chi connectivity index (χ0v) is 12.0. The van der Waals surface area contributed by atoms with Gasteiger partial charge in [-0.05, 0) is 35.2 Å². The van der Waals surface area contributed by atoms with Gasteiger partial charge in [-0.2, -0.15) is 0 Å². The van der Waals surface area contributed by atoms with Gasteiger partial charge in [0.05, 0.1) is 6.54 Å². The lowest BCUT2D eigenvalue weighted by Crippen LogP contribution is -2.12. The molecule has 1 aromatic heterocycles. The molecule has 0 aliphatic rings. The van der Waals surface area contributed by atoms with Crippen molar-refractivity contribution in [3.05, 3.63) is 71.1 Å². The summed E-state index contributed by atoms with van der Waals surface area (Å²) in [4.78, 5) is 12.1. The third-order valence-corrected chi connectivity index (χ3v) is 3.66. The number of ketones is 1. The Morgan fingerprint density at radius 2 is 1.95 bits per heavy atom. The Hall–Kier alpha value is -2.13. The molecule has 3 rings (SSSR count). The summed E-state index contributed by atoms with van der Waals surface area (Å²) in [5.41, 5.74) is 1.33. The van der Waals surface area contributed by atoms with Crippen molar-refractivity contribution in [2.45, 2.75) is 13.0 Å². The summed E-state index contributed by atoms with van der Waals surface area (Å²) in [6.07, 6.45) is 1.94. The van der Waals surface area contributed by atoms with E-state index in [0.717, 1.165) is 10.9 Å². The summed E-state index contributed by atoms with van der Waals surface area (Å²) in [5, 5.41) is 1.65. The van der Waals surface area contributed by atoms with E-state index in [-0.39, 0.29) is 24.6 Å². The molecule has 0 atom stereocenters. The highest BCUT2D eigenvalue weighted by molar-refractivity contribution is 6.31. The van der Waals surface area contributed by atoms with Gasteiger partial charge in [0.15, 0.2) is 5.78 Å². The first-order valence-electron chi connectivity index (χ1n) is 6.63. The molecular formula is C17H13ClFNO. The molecule has 0 fully saturated rings. The smallest absolute Gasteiger partial charge is 0.156 e. The minimum atomic E-state index is -0.341. The second kappa shape index (κ2) is 5.70. The molecule has 2 nitrogen and oxygen atoms in total. The molecule has 106 valence electrons. The lowest BCUT2D eigenvalue weighted by Gasteiger charge is -2.06. The highest BCUT2D eigenvalue weighted by atomic mass is 35.5. The van der Waals surface area contributed by atoms with Gasteiger partial charge in [-0.1, -0.05) is 35.9 Å². The first-order valence-corrected chi connectivity index (χ1v) is 7.01. The minimum Gasteiger partial charge on any atom is -0.340 e. The van der Waals surface area contributed by atoms with Crippen LogP contribution in [0.4, 0.5) is 4.39 Å². The van der Waals surface area contributed by atoms with Crippen LogP contribution in [0.15, 0.2) is 54.7 Å². The summed E-state index contributed by atoms with van der Waals surface area (Å²) in [5.74, 6) is -0.385. The number of fused-ring (bicyclic) bond motifs is 1. The molecule has 0 aliphatic heterocycles. The van der Waals surface area contributed by atoms with Gasteiger partial charge < -0.3 is 4.57 Å².